The van der Waals surface area contributed by atoms with Gasteiger partial charge >= 0.3 is 11.9 Å². The van der Waals surface area contributed by atoms with Gasteiger partial charge in [-0.15, -0.1) is 0 Å². The number of hydrogen-bond acceptors (Lipinski definition) is 6. The van der Waals surface area contributed by atoms with Crippen LogP contribution in [0.3, 0.4) is 0 Å². The highest BCUT2D eigenvalue weighted by Crippen LogP contribution is 2.18. The molecule has 2 rings (SSSR count). The zero-order valence-electron chi connectivity index (χ0n) is 15.5. The quantitative estimate of drug-likeness (QED) is 0.704. The van der Waals surface area contributed by atoms with Gasteiger partial charge < -0.3 is 13.9 Å². The smallest absolute Gasteiger partial charge is 0.374 e. The number of carbonyl (C=O) groups excluding carboxylic acids is 2. The molecule has 0 fully saturated rings. The van der Waals surface area contributed by atoms with Crippen LogP contribution in [0, 0.1) is 11.8 Å². The van der Waals surface area contributed by atoms with E-state index >= 15 is 0 Å². The van der Waals surface area contributed by atoms with E-state index in [1.165, 1.54) is 0 Å². The maximum Gasteiger partial charge on any atom is 0.374 e. The molecule has 0 spiro atoms. The minimum absolute atomic E-state index is 0.0359. The number of esters is 2. The van der Waals surface area contributed by atoms with Crippen molar-refractivity contribution in [2.45, 2.75) is 34.1 Å². The van der Waals surface area contributed by atoms with Gasteiger partial charge in [-0.05, 0) is 24.0 Å². The van der Waals surface area contributed by atoms with Gasteiger partial charge in [0, 0.05) is 0 Å². The molecule has 1 aromatic carbocycles. The molecule has 0 bridgehead atoms. The van der Waals surface area contributed by atoms with E-state index in [9.17, 15) is 14.4 Å². The van der Waals surface area contributed by atoms with Gasteiger partial charge in [0.1, 0.15) is 5.58 Å². The Morgan fingerprint density at radius 2 is 1.62 bits per heavy atom. The van der Waals surface area contributed by atoms with Gasteiger partial charge in [-0.3, -0.25) is 9.59 Å². The van der Waals surface area contributed by atoms with Crippen LogP contribution in [-0.4, -0.2) is 25.2 Å². The van der Waals surface area contributed by atoms with Gasteiger partial charge in [-0.25, -0.2) is 4.79 Å². The molecule has 0 saturated carbocycles. The lowest BCUT2D eigenvalue weighted by Gasteiger charge is -2.11. The first-order chi connectivity index (χ1) is 12.3. The van der Waals surface area contributed by atoms with E-state index in [2.05, 4.69) is 0 Å². The maximum absolute atomic E-state index is 12.8. The SMILES string of the molecule is CC(C)COC(=O)Cc1c(C(=O)OCC(C)C)oc2ccccc2c1=O. The summed E-state index contributed by atoms with van der Waals surface area (Å²) in [6.07, 6.45) is -0.341. The summed E-state index contributed by atoms with van der Waals surface area (Å²) in [5.41, 5.74) is -0.190. The third-order valence-electron chi connectivity index (χ3n) is 3.52. The van der Waals surface area contributed by atoms with Crippen molar-refractivity contribution in [1.29, 1.82) is 0 Å². The Hall–Kier alpha value is -2.63. The summed E-state index contributed by atoms with van der Waals surface area (Å²) in [6.45, 7) is 8.04. The molecule has 0 aliphatic heterocycles. The molecule has 0 atom stereocenters. The zero-order valence-corrected chi connectivity index (χ0v) is 15.5. The standard InChI is InChI=1S/C20H24O6/c1-12(2)10-24-17(21)9-15-18(22)14-7-5-6-8-16(14)26-19(15)20(23)25-11-13(3)4/h5-8,12-13H,9-11H2,1-4H3. The predicted molar refractivity (Wildman–Crippen MR) is 97.1 cm³/mol. The third kappa shape index (κ3) is 4.94. The molecule has 0 N–H and O–H groups in total. The molecule has 0 amide bonds. The normalized spacial score (nSPS) is 11.2. The summed E-state index contributed by atoms with van der Waals surface area (Å²) >= 11 is 0. The Kier molecular flexibility index (Phi) is 6.55. The van der Waals surface area contributed by atoms with E-state index in [0.29, 0.717) is 5.39 Å². The van der Waals surface area contributed by atoms with Crippen LogP contribution >= 0.6 is 0 Å². The van der Waals surface area contributed by atoms with Gasteiger partial charge in [0.15, 0.2) is 5.43 Å². The number of fused-ring (bicyclic) bond motifs is 1. The van der Waals surface area contributed by atoms with Crippen molar-refractivity contribution in [1.82, 2.24) is 0 Å². The van der Waals surface area contributed by atoms with E-state index < -0.39 is 17.4 Å². The lowest BCUT2D eigenvalue weighted by Crippen LogP contribution is -2.23. The minimum Gasteiger partial charge on any atom is -0.465 e. The lowest BCUT2D eigenvalue weighted by atomic mass is 10.1. The molecule has 0 aliphatic rings. The van der Waals surface area contributed by atoms with Crippen molar-refractivity contribution >= 4 is 22.9 Å². The molecule has 0 unspecified atom stereocenters. The molecule has 1 heterocycles. The molecule has 6 heteroatoms. The third-order valence-corrected chi connectivity index (χ3v) is 3.52. The highest BCUT2D eigenvalue weighted by atomic mass is 16.5. The Morgan fingerprint density at radius 3 is 2.27 bits per heavy atom. The fourth-order valence-corrected chi connectivity index (χ4v) is 2.27. The van der Waals surface area contributed by atoms with E-state index in [1.54, 1.807) is 24.3 Å². The summed E-state index contributed by atoms with van der Waals surface area (Å²) < 4.78 is 15.9. The average Bonchev–Trinajstić information content (AvgIpc) is 2.60. The number of para-hydroxylation sites is 1. The fraction of sp³-hybridized carbons (Fsp3) is 0.450. The van der Waals surface area contributed by atoms with Crippen molar-refractivity contribution in [3.8, 4) is 0 Å². The van der Waals surface area contributed by atoms with Crippen molar-refractivity contribution < 1.29 is 23.5 Å². The Morgan fingerprint density at radius 1 is 1.00 bits per heavy atom. The predicted octanol–water partition coefficient (Wildman–Crippen LogP) is 3.35. The summed E-state index contributed by atoms with van der Waals surface area (Å²) in [4.78, 5) is 37.3. The van der Waals surface area contributed by atoms with Crippen molar-refractivity contribution in [3.63, 3.8) is 0 Å². The highest BCUT2D eigenvalue weighted by Gasteiger charge is 2.24. The van der Waals surface area contributed by atoms with Gasteiger partial charge in [0.05, 0.1) is 30.6 Å². The molecule has 0 saturated heterocycles. The van der Waals surface area contributed by atoms with Crippen LogP contribution < -0.4 is 5.43 Å². The molecular weight excluding hydrogens is 336 g/mol. The number of carbonyl (C=O) groups is 2. The van der Waals surface area contributed by atoms with Crippen LogP contribution in [0.1, 0.15) is 43.8 Å². The Bertz CT molecular complexity index is 847. The molecule has 0 aliphatic carbocycles. The maximum atomic E-state index is 12.8. The van der Waals surface area contributed by atoms with Crippen LogP contribution in [0.2, 0.25) is 0 Å². The fourth-order valence-electron chi connectivity index (χ4n) is 2.27. The Labute approximate surface area is 152 Å². The lowest BCUT2D eigenvalue weighted by molar-refractivity contribution is -0.143. The summed E-state index contributed by atoms with van der Waals surface area (Å²) in [5.74, 6) is -1.28. The van der Waals surface area contributed by atoms with Gasteiger partial charge in [0.2, 0.25) is 5.76 Å². The largest absolute Gasteiger partial charge is 0.465 e. The van der Waals surface area contributed by atoms with Crippen molar-refractivity contribution in [2.24, 2.45) is 11.8 Å². The van der Waals surface area contributed by atoms with Crippen molar-refractivity contribution in [3.05, 3.63) is 45.8 Å². The van der Waals surface area contributed by atoms with E-state index in [-0.39, 0.29) is 48.4 Å². The topological polar surface area (TPSA) is 82.8 Å². The van der Waals surface area contributed by atoms with Gasteiger partial charge in [-0.2, -0.15) is 0 Å². The molecular formula is C20H24O6. The number of benzene rings is 1. The second-order valence-electron chi connectivity index (χ2n) is 6.98. The van der Waals surface area contributed by atoms with Crippen LogP contribution in [0.15, 0.2) is 33.5 Å². The molecule has 1 aromatic heterocycles. The molecule has 2 aromatic rings. The first kappa shape index (κ1) is 19.7. The van der Waals surface area contributed by atoms with Crippen LogP contribution in [0.5, 0.6) is 0 Å². The first-order valence-corrected chi connectivity index (χ1v) is 8.67. The Balaban J connectivity index is 2.42. The summed E-state index contributed by atoms with van der Waals surface area (Å²) in [5, 5.41) is 0.305. The summed E-state index contributed by atoms with van der Waals surface area (Å²) in [7, 11) is 0. The molecule has 0 radical (unpaired) electrons. The van der Waals surface area contributed by atoms with Crippen molar-refractivity contribution in [2.75, 3.05) is 13.2 Å². The number of rotatable bonds is 7. The minimum atomic E-state index is -0.756. The second kappa shape index (κ2) is 8.65. The monoisotopic (exact) mass is 360 g/mol. The van der Waals surface area contributed by atoms with Gasteiger partial charge in [-0.1, -0.05) is 39.8 Å². The zero-order chi connectivity index (χ0) is 19.3. The highest BCUT2D eigenvalue weighted by molar-refractivity contribution is 5.92. The van der Waals surface area contributed by atoms with Crippen LogP contribution in [0.4, 0.5) is 0 Å². The summed E-state index contributed by atoms with van der Waals surface area (Å²) in [6, 6.07) is 6.58. The first-order valence-electron chi connectivity index (χ1n) is 8.67. The number of ether oxygens (including phenoxy) is 2. The van der Waals surface area contributed by atoms with E-state index in [1.807, 2.05) is 27.7 Å². The second-order valence-corrected chi connectivity index (χ2v) is 6.98. The molecule has 140 valence electrons. The van der Waals surface area contributed by atoms with Crippen LogP contribution in [0.25, 0.3) is 11.0 Å². The van der Waals surface area contributed by atoms with E-state index in [4.69, 9.17) is 13.9 Å². The molecule has 26 heavy (non-hydrogen) atoms. The van der Waals surface area contributed by atoms with Crippen LogP contribution in [-0.2, 0) is 20.7 Å². The number of hydrogen-bond donors (Lipinski definition) is 0. The van der Waals surface area contributed by atoms with E-state index in [0.717, 1.165) is 0 Å². The van der Waals surface area contributed by atoms with Gasteiger partial charge in [0.25, 0.3) is 0 Å². The average molecular weight is 360 g/mol. The molecule has 6 nitrogen and oxygen atoms in total.